The molecule has 2 rings (SSSR count). The second-order valence-corrected chi connectivity index (χ2v) is 10.3. The normalized spacial score (nSPS) is 16.6. The molecule has 3 N–H and O–H groups in total. The number of carbonyl (C=O) groups excluding carboxylic acids is 2. The maximum Gasteiger partial charge on any atom is 0.322 e. The first-order valence-corrected chi connectivity index (χ1v) is 10.9. The first-order valence-electron chi connectivity index (χ1n) is 9.41. The van der Waals surface area contributed by atoms with Crippen LogP contribution in [0.15, 0.2) is 23.1 Å². The summed E-state index contributed by atoms with van der Waals surface area (Å²) in [7, 11) is -3.54. The lowest BCUT2D eigenvalue weighted by molar-refractivity contribution is -0.895. The van der Waals surface area contributed by atoms with Crippen molar-refractivity contribution in [3.8, 4) is 0 Å². The molecule has 28 heavy (non-hydrogen) atoms. The lowest BCUT2D eigenvalue weighted by Crippen LogP contribution is -3.15. The Bertz CT molecular complexity index is 838. The molecule has 1 heterocycles. The SMILES string of the molecule is Cc1ccc(S(=O)(=O)N2CC[NH+](CC(=O)NC(=O)NC(C)(C)C)CC2)cc1C. The number of nitrogens with one attached hydrogen (secondary N) is 3. The van der Waals surface area contributed by atoms with E-state index in [-0.39, 0.29) is 12.5 Å². The van der Waals surface area contributed by atoms with Gasteiger partial charge in [-0.1, -0.05) is 6.07 Å². The molecule has 0 radical (unpaired) electrons. The molecule has 156 valence electrons. The molecular weight excluding hydrogens is 380 g/mol. The van der Waals surface area contributed by atoms with E-state index in [1.807, 2.05) is 40.7 Å². The van der Waals surface area contributed by atoms with E-state index in [9.17, 15) is 18.0 Å². The Kier molecular flexibility index (Phi) is 6.84. The van der Waals surface area contributed by atoms with E-state index < -0.39 is 21.6 Å². The number of aryl methyl sites for hydroxylation is 2. The predicted octanol–water partition coefficient (Wildman–Crippen LogP) is -0.183. The summed E-state index contributed by atoms with van der Waals surface area (Å²) in [6, 6.07) is 4.63. The molecule has 1 aliphatic rings. The van der Waals surface area contributed by atoms with Crippen LogP contribution in [-0.4, -0.2) is 62.9 Å². The number of piperazine rings is 1. The molecule has 8 nitrogen and oxygen atoms in total. The monoisotopic (exact) mass is 411 g/mol. The fourth-order valence-electron chi connectivity index (χ4n) is 3.01. The number of quaternary nitrogens is 1. The number of hydrogen-bond acceptors (Lipinski definition) is 4. The smallest absolute Gasteiger partial charge is 0.322 e. The summed E-state index contributed by atoms with van der Waals surface area (Å²) < 4.78 is 27.1. The molecule has 9 heteroatoms. The first-order chi connectivity index (χ1) is 12.9. The van der Waals surface area contributed by atoms with Crippen LogP contribution in [0, 0.1) is 13.8 Å². The molecule has 0 unspecified atom stereocenters. The highest BCUT2D eigenvalue weighted by Crippen LogP contribution is 2.19. The minimum Gasteiger partial charge on any atom is -0.333 e. The molecule has 0 spiro atoms. The van der Waals surface area contributed by atoms with Crippen LogP contribution in [0.5, 0.6) is 0 Å². The fraction of sp³-hybridized carbons (Fsp3) is 0.579. The zero-order valence-electron chi connectivity index (χ0n) is 17.3. The van der Waals surface area contributed by atoms with Crippen LogP contribution in [0.25, 0.3) is 0 Å². The minimum atomic E-state index is -3.54. The summed E-state index contributed by atoms with van der Waals surface area (Å²) in [6.45, 7) is 11.2. The largest absolute Gasteiger partial charge is 0.333 e. The molecule has 1 saturated heterocycles. The van der Waals surface area contributed by atoms with E-state index in [4.69, 9.17) is 0 Å². The third-order valence-corrected chi connectivity index (χ3v) is 6.59. The summed E-state index contributed by atoms with van der Waals surface area (Å²) in [4.78, 5) is 25.1. The van der Waals surface area contributed by atoms with Crippen molar-refractivity contribution >= 4 is 22.0 Å². The average Bonchev–Trinajstić information content (AvgIpc) is 2.55. The molecule has 0 saturated carbocycles. The summed E-state index contributed by atoms with van der Waals surface area (Å²) in [5, 5.41) is 4.99. The van der Waals surface area contributed by atoms with E-state index in [0.717, 1.165) is 16.0 Å². The van der Waals surface area contributed by atoms with Crippen LogP contribution in [0.4, 0.5) is 4.79 Å². The molecule has 0 bridgehead atoms. The highest BCUT2D eigenvalue weighted by Gasteiger charge is 2.31. The number of hydrogen-bond donors (Lipinski definition) is 3. The van der Waals surface area contributed by atoms with Crippen molar-refractivity contribution < 1.29 is 22.9 Å². The number of carbonyl (C=O) groups is 2. The van der Waals surface area contributed by atoms with Gasteiger partial charge in [0.2, 0.25) is 10.0 Å². The van der Waals surface area contributed by atoms with Crippen molar-refractivity contribution in [1.29, 1.82) is 0 Å². The Balaban J connectivity index is 1.89. The number of sulfonamides is 1. The van der Waals surface area contributed by atoms with Crippen LogP contribution in [0.1, 0.15) is 31.9 Å². The minimum absolute atomic E-state index is 0.134. The van der Waals surface area contributed by atoms with Gasteiger partial charge in [0.1, 0.15) is 0 Å². The van der Waals surface area contributed by atoms with Gasteiger partial charge >= 0.3 is 6.03 Å². The maximum atomic E-state index is 12.8. The van der Waals surface area contributed by atoms with Crippen molar-refractivity contribution in [1.82, 2.24) is 14.9 Å². The van der Waals surface area contributed by atoms with Gasteiger partial charge in [-0.25, -0.2) is 13.2 Å². The molecule has 0 aromatic heterocycles. The quantitative estimate of drug-likeness (QED) is 0.640. The zero-order valence-corrected chi connectivity index (χ0v) is 18.1. The lowest BCUT2D eigenvalue weighted by atomic mass is 10.1. The third kappa shape index (κ3) is 6.02. The fourth-order valence-corrected chi connectivity index (χ4v) is 4.54. The highest BCUT2D eigenvalue weighted by atomic mass is 32.2. The van der Waals surface area contributed by atoms with E-state index in [1.54, 1.807) is 12.1 Å². The van der Waals surface area contributed by atoms with Gasteiger partial charge in [-0.05, 0) is 57.9 Å². The van der Waals surface area contributed by atoms with Crippen molar-refractivity contribution in [3.63, 3.8) is 0 Å². The molecule has 1 aromatic rings. The molecule has 1 fully saturated rings. The van der Waals surface area contributed by atoms with Crippen LogP contribution in [0.2, 0.25) is 0 Å². The van der Waals surface area contributed by atoms with Gasteiger partial charge in [0.15, 0.2) is 6.54 Å². The Morgan fingerprint density at radius 1 is 1.11 bits per heavy atom. The van der Waals surface area contributed by atoms with Gasteiger partial charge < -0.3 is 10.2 Å². The Morgan fingerprint density at radius 2 is 1.71 bits per heavy atom. The van der Waals surface area contributed by atoms with Crippen LogP contribution >= 0.6 is 0 Å². The second-order valence-electron chi connectivity index (χ2n) is 8.33. The second kappa shape index (κ2) is 8.59. The van der Waals surface area contributed by atoms with E-state index >= 15 is 0 Å². The molecule has 1 aromatic carbocycles. The molecule has 1 aliphatic heterocycles. The molecule has 0 atom stereocenters. The molecular formula is C19H31N4O4S+. The van der Waals surface area contributed by atoms with E-state index in [1.165, 1.54) is 4.31 Å². The summed E-state index contributed by atoms with van der Waals surface area (Å²) in [5.74, 6) is -0.373. The summed E-state index contributed by atoms with van der Waals surface area (Å²) in [6.07, 6.45) is 0. The number of rotatable bonds is 4. The standard InChI is InChI=1S/C19H30N4O4S/c1-14-6-7-16(12-15(14)2)28(26,27)23-10-8-22(9-11-23)13-17(24)20-18(25)21-19(3,4)5/h6-7,12H,8-11,13H2,1-5H3,(H2,20,21,24,25)/p+1. The number of nitrogens with zero attached hydrogens (tertiary/aromatic N) is 1. The van der Waals surface area contributed by atoms with Gasteiger partial charge in [-0.3, -0.25) is 10.1 Å². The third-order valence-electron chi connectivity index (χ3n) is 4.70. The van der Waals surface area contributed by atoms with Gasteiger partial charge in [-0.2, -0.15) is 4.31 Å². The summed E-state index contributed by atoms with van der Waals surface area (Å²) in [5.41, 5.74) is 1.57. The van der Waals surface area contributed by atoms with Crippen LogP contribution in [0.3, 0.4) is 0 Å². The van der Waals surface area contributed by atoms with Crippen molar-refractivity contribution in [2.45, 2.75) is 45.1 Å². The Hall–Kier alpha value is -1.97. The van der Waals surface area contributed by atoms with Crippen molar-refractivity contribution in [2.24, 2.45) is 0 Å². The van der Waals surface area contributed by atoms with Gasteiger partial charge in [0.05, 0.1) is 31.1 Å². The van der Waals surface area contributed by atoms with E-state index in [2.05, 4.69) is 10.6 Å². The summed E-state index contributed by atoms with van der Waals surface area (Å²) >= 11 is 0. The maximum absolute atomic E-state index is 12.8. The van der Waals surface area contributed by atoms with Crippen LogP contribution in [-0.2, 0) is 14.8 Å². The number of urea groups is 1. The van der Waals surface area contributed by atoms with Gasteiger partial charge in [0.25, 0.3) is 5.91 Å². The Morgan fingerprint density at radius 3 is 2.25 bits per heavy atom. The van der Waals surface area contributed by atoms with Crippen molar-refractivity contribution in [3.05, 3.63) is 29.3 Å². The number of imide groups is 1. The predicted molar refractivity (Wildman–Crippen MR) is 107 cm³/mol. The van der Waals surface area contributed by atoms with E-state index in [0.29, 0.717) is 31.1 Å². The Labute approximate surface area is 167 Å². The lowest BCUT2D eigenvalue weighted by Gasteiger charge is -2.31. The topological polar surface area (TPSA) is 100 Å². The highest BCUT2D eigenvalue weighted by molar-refractivity contribution is 7.89. The first kappa shape index (κ1) is 22.3. The molecule has 3 amide bonds. The van der Waals surface area contributed by atoms with Gasteiger partial charge in [-0.15, -0.1) is 0 Å². The number of benzene rings is 1. The van der Waals surface area contributed by atoms with Crippen molar-refractivity contribution in [2.75, 3.05) is 32.7 Å². The van der Waals surface area contributed by atoms with Crippen LogP contribution < -0.4 is 15.5 Å². The average molecular weight is 412 g/mol. The number of amides is 3. The zero-order chi connectivity index (χ0) is 21.1. The van der Waals surface area contributed by atoms with Gasteiger partial charge in [0, 0.05) is 5.54 Å². The molecule has 0 aliphatic carbocycles.